The Morgan fingerprint density at radius 3 is 2.25 bits per heavy atom. The Bertz CT molecular complexity index is 826. The largest absolute Gasteiger partial charge is 0.493 e. The van der Waals surface area contributed by atoms with Gasteiger partial charge in [-0.15, -0.1) is 0 Å². The van der Waals surface area contributed by atoms with E-state index in [2.05, 4.69) is 0 Å². The minimum Gasteiger partial charge on any atom is -0.493 e. The third kappa shape index (κ3) is 4.08. The second-order valence-electron chi connectivity index (χ2n) is 6.31. The first-order valence-corrected chi connectivity index (χ1v) is 9.04. The molecular formula is C21H25NO6. The van der Waals surface area contributed by atoms with Gasteiger partial charge in [0.15, 0.2) is 23.0 Å². The molecule has 0 saturated heterocycles. The number of carbonyl (C=O) groups is 1. The SMILES string of the molecule is CCN(Cc1ccc2c(c1)OCO2)C(=O)Cc1cc(OC)c(OC)c(OC)c1. The molecule has 0 unspecified atom stereocenters. The highest BCUT2D eigenvalue weighted by Crippen LogP contribution is 2.38. The number of benzene rings is 2. The van der Waals surface area contributed by atoms with Crippen molar-refractivity contribution in [3.05, 3.63) is 41.5 Å². The molecule has 150 valence electrons. The minimum atomic E-state index is 0.00874. The van der Waals surface area contributed by atoms with Crippen molar-refractivity contribution in [2.45, 2.75) is 19.9 Å². The second kappa shape index (κ2) is 8.73. The molecule has 2 aromatic rings. The maximum absolute atomic E-state index is 12.9. The highest BCUT2D eigenvalue weighted by Gasteiger charge is 2.19. The van der Waals surface area contributed by atoms with Crippen molar-refractivity contribution in [3.63, 3.8) is 0 Å². The number of fused-ring (bicyclic) bond motifs is 1. The van der Waals surface area contributed by atoms with Crippen LogP contribution in [0, 0.1) is 0 Å². The summed E-state index contributed by atoms with van der Waals surface area (Å²) in [6.07, 6.45) is 0.231. The Hall–Kier alpha value is -3.09. The van der Waals surface area contributed by atoms with Crippen LogP contribution in [0.25, 0.3) is 0 Å². The van der Waals surface area contributed by atoms with E-state index < -0.39 is 0 Å². The molecule has 0 aliphatic carbocycles. The Morgan fingerprint density at radius 1 is 0.964 bits per heavy atom. The van der Waals surface area contributed by atoms with Crippen LogP contribution in [-0.4, -0.2) is 45.5 Å². The normalized spacial score (nSPS) is 11.9. The predicted octanol–water partition coefficient (Wildman–Crippen LogP) is 3.03. The second-order valence-corrected chi connectivity index (χ2v) is 6.31. The molecule has 0 fully saturated rings. The average molecular weight is 387 g/mol. The van der Waals surface area contributed by atoms with E-state index in [9.17, 15) is 4.79 Å². The summed E-state index contributed by atoms with van der Waals surface area (Å²) in [5.41, 5.74) is 1.79. The lowest BCUT2D eigenvalue weighted by molar-refractivity contribution is -0.130. The molecule has 3 rings (SSSR count). The zero-order valence-electron chi connectivity index (χ0n) is 16.6. The highest BCUT2D eigenvalue weighted by atomic mass is 16.7. The fraction of sp³-hybridized carbons (Fsp3) is 0.381. The molecular weight excluding hydrogens is 362 g/mol. The molecule has 0 spiro atoms. The van der Waals surface area contributed by atoms with Gasteiger partial charge in [-0.1, -0.05) is 6.07 Å². The van der Waals surface area contributed by atoms with Crippen molar-refractivity contribution >= 4 is 5.91 Å². The van der Waals surface area contributed by atoms with E-state index in [4.69, 9.17) is 23.7 Å². The summed E-state index contributed by atoms with van der Waals surface area (Å²) in [5, 5.41) is 0. The van der Waals surface area contributed by atoms with E-state index in [1.807, 2.05) is 25.1 Å². The first kappa shape index (κ1) is 19.7. The summed E-state index contributed by atoms with van der Waals surface area (Å²) >= 11 is 0. The van der Waals surface area contributed by atoms with Gasteiger partial charge >= 0.3 is 0 Å². The number of rotatable bonds is 8. The number of hydrogen-bond acceptors (Lipinski definition) is 6. The minimum absolute atomic E-state index is 0.00874. The lowest BCUT2D eigenvalue weighted by atomic mass is 10.1. The van der Waals surface area contributed by atoms with Crippen LogP contribution in [0.2, 0.25) is 0 Å². The number of ether oxygens (including phenoxy) is 5. The number of likely N-dealkylation sites (N-methyl/N-ethyl adjacent to an activating group) is 1. The van der Waals surface area contributed by atoms with E-state index >= 15 is 0 Å². The monoisotopic (exact) mass is 387 g/mol. The molecule has 0 radical (unpaired) electrons. The van der Waals surface area contributed by atoms with Gasteiger partial charge < -0.3 is 28.6 Å². The maximum atomic E-state index is 12.9. The molecule has 1 heterocycles. The quantitative estimate of drug-likeness (QED) is 0.694. The van der Waals surface area contributed by atoms with Crippen molar-refractivity contribution in [3.8, 4) is 28.7 Å². The summed E-state index contributed by atoms with van der Waals surface area (Å²) < 4.78 is 26.8. The number of hydrogen-bond donors (Lipinski definition) is 0. The van der Waals surface area contributed by atoms with Crippen LogP contribution < -0.4 is 23.7 Å². The van der Waals surface area contributed by atoms with Gasteiger partial charge in [-0.2, -0.15) is 0 Å². The topological polar surface area (TPSA) is 66.5 Å². The van der Waals surface area contributed by atoms with E-state index in [1.54, 1.807) is 38.4 Å². The van der Waals surface area contributed by atoms with Crippen molar-refractivity contribution < 1.29 is 28.5 Å². The highest BCUT2D eigenvalue weighted by molar-refractivity contribution is 5.79. The molecule has 2 aromatic carbocycles. The summed E-state index contributed by atoms with van der Waals surface area (Å²) in [5.74, 6) is 3.02. The number of nitrogens with zero attached hydrogens (tertiary/aromatic N) is 1. The maximum Gasteiger partial charge on any atom is 0.231 e. The van der Waals surface area contributed by atoms with E-state index in [1.165, 1.54) is 0 Å². The van der Waals surface area contributed by atoms with Gasteiger partial charge in [0.1, 0.15) is 0 Å². The van der Waals surface area contributed by atoms with Gasteiger partial charge in [0, 0.05) is 13.1 Å². The molecule has 7 heteroatoms. The Labute approximate surface area is 164 Å². The summed E-state index contributed by atoms with van der Waals surface area (Å²) in [7, 11) is 4.66. The van der Waals surface area contributed by atoms with Gasteiger partial charge in [-0.3, -0.25) is 4.79 Å². The van der Waals surface area contributed by atoms with Crippen LogP contribution in [0.4, 0.5) is 0 Å². The van der Waals surface area contributed by atoms with Gasteiger partial charge in [0.2, 0.25) is 18.4 Å². The van der Waals surface area contributed by atoms with Crippen molar-refractivity contribution in [1.29, 1.82) is 0 Å². The number of methoxy groups -OCH3 is 3. The smallest absolute Gasteiger partial charge is 0.231 e. The molecule has 1 amide bonds. The van der Waals surface area contributed by atoms with E-state index in [-0.39, 0.29) is 19.1 Å². The summed E-state index contributed by atoms with van der Waals surface area (Å²) in [4.78, 5) is 14.7. The van der Waals surface area contributed by atoms with Gasteiger partial charge in [0.25, 0.3) is 0 Å². The third-order valence-corrected chi connectivity index (χ3v) is 4.62. The van der Waals surface area contributed by atoms with Crippen molar-refractivity contribution in [1.82, 2.24) is 4.90 Å². The first-order valence-electron chi connectivity index (χ1n) is 9.04. The lowest BCUT2D eigenvalue weighted by Crippen LogP contribution is -2.31. The molecule has 1 aliphatic heterocycles. The molecule has 0 N–H and O–H groups in total. The van der Waals surface area contributed by atoms with Crippen LogP contribution in [0.3, 0.4) is 0 Å². The average Bonchev–Trinajstić information content (AvgIpc) is 3.18. The van der Waals surface area contributed by atoms with Crippen LogP contribution in [0.5, 0.6) is 28.7 Å². The lowest BCUT2D eigenvalue weighted by Gasteiger charge is -2.22. The third-order valence-electron chi connectivity index (χ3n) is 4.62. The van der Waals surface area contributed by atoms with E-state index in [0.717, 1.165) is 16.9 Å². The summed E-state index contributed by atoms with van der Waals surface area (Å²) in [6, 6.07) is 9.33. The van der Waals surface area contributed by atoms with Crippen molar-refractivity contribution in [2.24, 2.45) is 0 Å². The molecule has 28 heavy (non-hydrogen) atoms. The zero-order chi connectivity index (χ0) is 20.1. The molecule has 7 nitrogen and oxygen atoms in total. The standard InChI is InChI=1S/C21H25NO6/c1-5-22(12-14-6-7-16-17(8-14)28-13-27-16)20(23)11-15-9-18(24-2)21(26-4)19(10-15)25-3/h6-10H,5,11-13H2,1-4H3. The van der Waals surface area contributed by atoms with Crippen LogP contribution >= 0.6 is 0 Å². The van der Waals surface area contributed by atoms with Crippen LogP contribution in [0.15, 0.2) is 30.3 Å². The zero-order valence-corrected chi connectivity index (χ0v) is 16.6. The Kier molecular flexibility index (Phi) is 6.13. The Balaban J connectivity index is 1.75. The fourth-order valence-corrected chi connectivity index (χ4v) is 3.16. The van der Waals surface area contributed by atoms with Crippen LogP contribution in [-0.2, 0) is 17.8 Å². The Morgan fingerprint density at radius 2 is 1.64 bits per heavy atom. The predicted molar refractivity (Wildman–Crippen MR) is 103 cm³/mol. The fourth-order valence-electron chi connectivity index (χ4n) is 3.16. The van der Waals surface area contributed by atoms with Gasteiger partial charge in [-0.05, 0) is 42.3 Å². The number of carbonyl (C=O) groups excluding carboxylic acids is 1. The molecule has 1 aliphatic rings. The van der Waals surface area contributed by atoms with Crippen molar-refractivity contribution in [2.75, 3.05) is 34.7 Å². The molecule has 0 bridgehead atoms. The number of amides is 1. The van der Waals surface area contributed by atoms with Gasteiger partial charge in [0.05, 0.1) is 27.8 Å². The molecule has 0 aromatic heterocycles. The van der Waals surface area contributed by atoms with Crippen LogP contribution in [0.1, 0.15) is 18.1 Å². The summed E-state index contributed by atoms with van der Waals surface area (Å²) in [6.45, 7) is 3.28. The molecule has 0 atom stereocenters. The van der Waals surface area contributed by atoms with E-state index in [0.29, 0.717) is 36.1 Å². The first-order chi connectivity index (χ1) is 13.6. The molecule has 0 saturated carbocycles. The van der Waals surface area contributed by atoms with Gasteiger partial charge in [-0.25, -0.2) is 0 Å².